The number of rotatable bonds is 5. The SMILES string of the molecule is CCC(F)(F)c1cc(Br)ccc1O[C@@H](C)C(=O)O. The van der Waals surface area contributed by atoms with Gasteiger partial charge in [-0.25, -0.2) is 13.6 Å². The Morgan fingerprint density at radius 2 is 2.17 bits per heavy atom. The molecule has 1 atom stereocenters. The molecular weight excluding hydrogens is 310 g/mol. The van der Waals surface area contributed by atoms with Crippen molar-refractivity contribution in [2.75, 3.05) is 0 Å². The van der Waals surface area contributed by atoms with Crippen LogP contribution in [0.5, 0.6) is 5.75 Å². The molecule has 100 valence electrons. The molecule has 0 heterocycles. The molecule has 3 nitrogen and oxygen atoms in total. The third-order valence-corrected chi connectivity index (χ3v) is 2.92. The lowest BCUT2D eigenvalue weighted by molar-refractivity contribution is -0.144. The second kappa shape index (κ2) is 5.65. The van der Waals surface area contributed by atoms with E-state index in [-0.39, 0.29) is 17.7 Å². The molecule has 0 bridgehead atoms. The summed E-state index contributed by atoms with van der Waals surface area (Å²) in [6, 6.07) is 4.11. The van der Waals surface area contributed by atoms with E-state index in [9.17, 15) is 13.6 Å². The molecule has 0 aromatic heterocycles. The van der Waals surface area contributed by atoms with Crippen LogP contribution in [0.25, 0.3) is 0 Å². The molecule has 1 rings (SSSR count). The normalized spacial score (nSPS) is 13.2. The van der Waals surface area contributed by atoms with E-state index in [0.29, 0.717) is 4.47 Å². The van der Waals surface area contributed by atoms with Crippen LogP contribution in [0.1, 0.15) is 25.8 Å². The van der Waals surface area contributed by atoms with Gasteiger partial charge in [-0.2, -0.15) is 0 Å². The van der Waals surface area contributed by atoms with Crippen LogP contribution in [-0.4, -0.2) is 17.2 Å². The highest BCUT2D eigenvalue weighted by Gasteiger charge is 2.33. The van der Waals surface area contributed by atoms with Crippen molar-refractivity contribution < 1.29 is 23.4 Å². The summed E-state index contributed by atoms with van der Waals surface area (Å²) in [5.41, 5.74) is -0.313. The largest absolute Gasteiger partial charge is 0.479 e. The number of halogens is 3. The predicted octanol–water partition coefficient (Wildman–Crippen LogP) is 3.80. The van der Waals surface area contributed by atoms with Gasteiger partial charge in [0.25, 0.3) is 5.92 Å². The van der Waals surface area contributed by atoms with Crippen LogP contribution < -0.4 is 4.74 Å². The first-order chi connectivity index (χ1) is 8.27. The fourth-order valence-electron chi connectivity index (χ4n) is 1.32. The highest BCUT2D eigenvalue weighted by Crippen LogP contribution is 2.39. The van der Waals surface area contributed by atoms with E-state index in [2.05, 4.69) is 15.9 Å². The molecule has 0 aliphatic rings. The van der Waals surface area contributed by atoms with Crippen molar-refractivity contribution in [1.82, 2.24) is 0 Å². The van der Waals surface area contributed by atoms with E-state index >= 15 is 0 Å². The van der Waals surface area contributed by atoms with Gasteiger partial charge in [0.15, 0.2) is 6.10 Å². The summed E-state index contributed by atoms with van der Waals surface area (Å²) in [6.45, 7) is 2.64. The van der Waals surface area contributed by atoms with Crippen molar-refractivity contribution in [3.05, 3.63) is 28.2 Å². The lowest BCUT2D eigenvalue weighted by atomic mass is 10.1. The number of hydrogen-bond donors (Lipinski definition) is 1. The molecule has 0 aliphatic heterocycles. The second-order valence-corrected chi connectivity index (χ2v) is 4.71. The van der Waals surface area contributed by atoms with Gasteiger partial charge in [0.2, 0.25) is 0 Å². The lowest BCUT2D eigenvalue weighted by Crippen LogP contribution is -2.25. The summed E-state index contributed by atoms with van der Waals surface area (Å²) in [7, 11) is 0. The van der Waals surface area contributed by atoms with Gasteiger partial charge < -0.3 is 9.84 Å². The summed E-state index contributed by atoms with van der Waals surface area (Å²) in [5, 5.41) is 8.73. The van der Waals surface area contributed by atoms with Crippen LogP contribution in [0.2, 0.25) is 0 Å². The first-order valence-corrected chi connectivity index (χ1v) is 6.14. The van der Waals surface area contributed by atoms with Crippen LogP contribution in [-0.2, 0) is 10.7 Å². The van der Waals surface area contributed by atoms with Gasteiger partial charge in [-0.3, -0.25) is 0 Å². The van der Waals surface area contributed by atoms with Gasteiger partial charge in [-0.05, 0) is 25.1 Å². The molecule has 0 fully saturated rings. The smallest absolute Gasteiger partial charge is 0.344 e. The molecule has 0 aliphatic carbocycles. The Morgan fingerprint density at radius 3 is 2.67 bits per heavy atom. The van der Waals surface area contributed by atoms with E-state index in [1.54, 1.807) is 0 Å². The van der Waals surface area contributed by atoms with Gasteiger partial charge in [0.05, 0.1) is 5.56 Å². The van der Waals surface area contributed by atoms with E-state index in [1.165, 1.54) is 32.0 Å². The third kappa shape index (κ3) is 3.41. The van der Waals surface area contributed by atoms with Crippen LogP contribution in [0.15, 0.2) is 22.7 Å². The molecule has 0 spiro atoms. The van der Waals surface area contributed by atoms with Crippen molar-refractivity contribution in [2.45, 2.75) is 32.3 Å². The van der Waals surface area contributed by atoms with Crippen molar-refractivity contribution in [3.63, 3.8) is 0 Å². The molecule has 0 unspecified atom stereocenters. The van der Waals surface area contributed by atoms with E-state index in [4.69, 9.17) is 9.84 Å². The summed E-state index contributed by atoms with van der Waals surface area (Å²) < 4.78 is 33.0. The molecule has 0 saturated carbocycles. The van der Waals surface area contributed by atoms with Crippen LogP contribution in [0.4, 0.5) is 8.78 Å². The highest BCUT2D eigenvalue weighted by molar-refractivity contribution is 9.10. The average molecular weight is 323 g/mol. The second-order valence-electron chi connectivity index (χ2n) is 3.80. The first-order valence-electron chi connectivity index (χ1n) is 5.35. The topological polar surface area (TPSA) is 46.5 Å². The summed E-state index contributed by atoms with van der Waals surface area (Å²) in [6.07, 6.45) is -1.57. The van der Waals surface area contributed by atoms with Crippen LogP contribution in [0.3, 0.4) is 0 Å². The minimum atomic E-state index is -3.06. The number of ether oxygens (including phenoxy) is 1. The highest BCUT2D eigenvalue weighted by atomic mass is 79.9. The molecule has 1 aromatic rings. The van der Waals surface area contributed by atoms with Gasteiger partial charge >= 0.3 is 5.97 Å². The Hall–Kier alpha value is -1.17. The van der Waals surface area contributed by atoms with Gasteiger partial charge in [-0.1, -0.05) is 22.9 Å². The zero-order valence-corrected chi connectivity index (χ0v) is 11.5. The number of carboxylic acids is 1. The average Bonchev–Trinajstić information content (AvgIpc) is 2.31. The Labute approximate surface area is 112 Å². The Balaban J connectivity index is 3.15. The molecular formula is C12H13BrF2O3. The molecule has 0 radical (unpaired) electrons. The molecule has 1 aromatic carbocycles. The number of carbonyl (C=O) groups is 1. The van der Waals surface area contributed by atoms with Crippen molar-refractivity contribution in [3.8, 4) is 5.75 Å². The molecule has 18 heavy (non-hydrogen) atoms. The number of aliphatic carboxylic acids is 1. The first kappa shape index (κ1) is 14.9. The molecule has 6 heteroatoms. The minimum absolute atomic E-state index is 0.111. The summed E-state index contributed by atoms with van der Waals surface area (Å²) >= 11 is 3.11. The number of alkyl halides is 2. The molecule has 1 N–H and O–H groups in total. The summed E-state index contributed by atoms with van der Waals surface area (Å²) in [5.74, 6) is -4.37. The van der Waals surface area contributed by atoms with Crippen molar-refractivity contribution in [1.29, 1.82) is 0 Å². The van der Waals surface area contributed by atoms with Crippen LogP contribution >= 0.6 is 15.9 Å². The number of benzene rings is 1. The van der Waals surface area contributed by atoms with E-state index in [0.717, 1.165) is 0 Å². The van der Waals surface area contributed by atoms with Gasteiger partial charge in [-0.15, -0.1) is 0 Å². The summed E-state index contributed by atoms with van der Waals surface area (Å²) in [4.78, 5) is 10.7. The fourth-order valence-corrected chi connectivity index (χ4v) is 1.68. The maximum atomic E-state index is 13.7. The number of hydrogen-bond acceptors (Lipinski definition) is 2. The fraction of sp³-hybridized carbons (Fsp3) is 0.417. The Morgan fingerprint density at radius 1 is 1.56 bits per heavy atom. The zero-order valence-electron chi connectivity index (χ0n) is 9.91. The maximum Gasteiger partial charge on any atom is 0.344 e. The number of carboxylic acid groups (broad SMARTS) is 1. The van der Waals surface area contributed by atoms with E-state index in [1.807, 2.05) is 0 Å². The quantitative estimate of drug-likeness (QED) is 0.896. The maximum absolute atomic E-state index is 13.7. The van der Waals surface area contributed by atoms with Gasteiger partial charge in [0.1, 0.15) is 5.75 Å². The third-order valence-electron chi connectivity index (χ3n) is 2.43. The molecule has 0 amide bonds. The van der Waals surface area contributed by atoms with Gasteiger partial charge in [0, 0.05) is 10.9 Å². The monoisotopic (exact) mass is 322 g/mol. The lowest BCUT2D eigenvalue weighted by Gasteiger charge is -2.20. The Bertz CT molecular complexity index is 449. The predicted molar refractivity (Wildman–Crippen MR) is 66.1 cm³/mol. The van der Waals surface area contributed by atoms with E-state index < -0.39 is 18.0 Å². The standard InChI is InChI=1S/C12H13BrF2O3/c1-3-12(14,15)9-6-8(13)4-5-10(9)18-7(2)11(16)17/h4-7H,3H2,1-2H3,(H,16,17)/t7-/m0/s1. The van der Waals surface area contributed by atoms with Crippen molar-refractivity contribution >= 4 is 21.9 Å². The zero-order chi connectivity index (χ0) is 13.9. The van der Waals surface area contributed by atoms with Crippen LogP contribution in [0, 0.1) is 0 Å². The minimum Gasteiger partial charge on any atom is -0.479 e. The Kier molecular flexibility index (Phi) is 4.67. The molecule has 0 saturated heterocycles. The van der Waals surface area contributed by atoms with Crippen molar-refractivity contribution in [2.24, 2.45) is 0 Å².